The number of aromatic nitrogens is 1. The Bertz CT molecular complexity index is 652. The molecule has 0 radical (unpaired) electrons. The third-order valence-corrected chi connectivity index (χ3v) is 3.28. The van der Waals surface area contributed by atoms with Crippen molar-refractivity contribution in [1.82, 2.24) is 4.98 Å². The number of rotatable bonds is 4. The first kappa shape index (κ1) is 14.2. The third-order valence-electron chi connectivity index (χ3n) is 2.45. The van der Waals surface area contributed by atoms with Crippen molar-refractivity contribution in [3.63, 3.8) is 0 Å². The first-order chi connectivity index (χ1) is 9.58. The van der Waals surface area contributed by atoms with Crippen LogP contribution in [0.5, 0.6) is 5.75 Å². The Labute approximate surface area is 119 Å². The molecule has 0 fully saturated rings. The summed E-state index contributed by atoms with van der Waals surface area (Å²) >= 11 is 1.39. The highest BCUT2D eigenvalue weighted by molar-refractivity contribution is 7.15. The van der Waals surface area contributed by atoms with Gasteiger partial charge in [0, 0.05) is 17.2 Å². The van der Waals surface area contributed by atoms with Crippen molar-refractivity contribution in [2.75, 3.05) is 12.4 Å². The largest absolute Gasteiger partial charge is 0.494 e. The van der Waals surface area contributed by atoms with E-state index in [1.54, 1.807) is 12.3 Å². The Balaban J connectivity index is 2.01. The molecule has 1 heterocycles. The Kier molecular flexibility index (Phi) is 4.47. The molecule has 20 heavy (non-hydrogen) atoms. The lowest BCUT2D eigenvalue weighted by Crippen LogP contribution is -2.07. The summed E-state index contributed by atoms with van der Waals surface area (Å²) in [4.78, 5) is 16.7. The average Bonchev–Trinajstić information content (AvgIpc) is 2.82. The summed E-state index contributed by atoms with van der Waals surface area (Å²) < 4.78 is 18.3. The van der Waals surface area contributed by atoms with E-state index in [1.165, 1.54) is 42.7 Å². The summed E-state index contributed by atoms with van der Waals surface area (Å²) in [5.41, 5.74) is 0.578. The maximum atomic E-state index is 13.5. The number of methoxy groups -OCH3 is 1. The van der Waals surface area contributed by atoms with E-state index in [0.717, 1.165) is 4.88 Å². The van der Waals surface area contributed by atoms with E-state index in [1.807, 2.05) is 6.92 Å². The Hall–Kier alpha value is -2.21. The summed E-state index contributed by atoms with van der Waals surface area (Å²) in [7, 11) is 1.40. The van der Waals surface area contributed by atoms with E-state index in [2.05, 4.69) is 10.3 Å². The number of ether oxygens (including phenoxy) is 1. The van der Waals surface area contributed by atoms with E-state index in [0.29, 0.717) is 10.7 Å². The zero-order valence-corrected chi connectivity index (χ0v) is 11.8. The predicted octanol–water partition coefficient (Wildman–Crippen LogP) is 3.25. The normalized spacial score (nSPS) is 10.8. The lowest BCUT2D eigenvalue weighted by molar-refractivity contribution is -0.111. The number of nitrogens with zero attached hydrogens (tertiary/aromatic N) is 1. The topological polar surface area (TPSA) is 51.2 Å². The SMILES string of the molecule is COc1ccc(/C=C/C(=O)Nc2ncc(C)s2)cc1F. The second-order valence-corrected chi connectivity index (χ2v) is 5.23. The highest BCUT2D eigenvalue weighted by atomic mass is 32.1. The molecule has 0 atom stereocenters. The molecule has 0 saturated heterocycles. The van der Waals surface area contributed by atoms with Crippen LogP contribution in [0, 0.1) is 12.7 Å². The third kappa shape index (κ3) is 3.64. The van der Waals surface area contributed by atoms with Crippen molar-refractivity contribution < 1.29 is 13.9 Å². The molecule has 0 aliphatic rings. The molecule has 1 aromatic carbocycles. The quantitative estimate of drug-likeness (QED) is 0.880. The number of thiazole rings is 1. The second kappa shape index (κ2) is 6.29. The summed E-state index contributed by atoms with van der Waals surface area (Å²) in [6.07, 6.45) is 4.54. The highest BCUT2D eigenvalue weighted by Crippen LogP contribution is 2.19. The zero-order chi connectivity index (χ0) is 14.5. The molecule has 1 aromatic heterocycles. The molecule has 4 nitrogen and oxygen atoms in total. The molecular weight excluding hydrogens is 279 g/mol. The highest BCUT2D eigenvalue weighted by Gasteiger charge is 2.03. The molecule has 6 heteroatoms. The second-order valence-electron chi connectivity index (χ2n) is 3.99. The number of halogens is 1. The van der Waals surface area contributed by atoms with Crippen LogP contribution in [0.4, 0.5) is 9.52 Å². The molecule has 0 saturated carbocycles. The molecule has 104 valence electrons. The van der Waals surface area contributed by atoms with Crippen LogP contribution in [0.2, 0.25) is 0 Å². The number of anilines is 1. The smallest absolute Gasteiger partial charge is 0.250 e. The van der Waals surface area contributed by atoms with E-state index in [4.69, 9.17) is 4.74 Å². The Morgan fingerprint density at radius 2 is 2.30 bits per heavy atom. The summed E-state index contributed by atoms with van der Waals surface area (Å²) in [6.45, 7) is 1.91. The fourth-order valence-electron chi connectivity index (χ4n) is 1.52. The van der Waals surface area contributed by atoms with Gasteiger partial charge >= 0.3 is 0 Å². The maximum Gasteiger partial charge on any atom is 0.250 e. The van der Waals surface area contributed by atoms with E-state index in [-0.39, 0.29) is 11.7 Å². The van der Waals surface area contributed by atoms with Gasteiger partial charge in [0.1, 0.15) is 0 Å². The molecule has 0 aliphatic carbocycles. The molecule has 0 bridgehead atoms. The van der Waals surface area contributed by atoms with Gasteiger partial charge in [-0.15, -0.1) is 11.3 Å². The molecule has 0 unspecified atom stereocenters. The van der Waals surface area contributed by atoms with Gasteiger partial charge in [0.05, 0.1) is 7.11 Å². The predicted molar refractivity (Wildman–Crippen MR) is 77.5 cm³/mol. The fourth-order valence-corrected chi connectivity index (χ4v) is 2.19. The van der Waals surface area contributed by atoms with E-state index < -0.39 is 5.82 Å². The van der Waals surface area contributed by atoms with Crippen LogP contribution in [-0.2, 0) is 4.79 Å². The van der Waals surface area contributed by atoms with Gasteiger partial charge in [0.25, 0.3) is 0 Å². The Morgan fingerprint density at radius 3 is 2.90 bits per heavy atom. The number of aryl methyl sites for hydroxylation is 1. The number of hydrogen-bond acceptors (Lipinski definition) is 4. The monoisotopic (exact) mass is 292 g/mol. The lowest BCUT2D eigenvalue weighted by Gasteiger charge is -2.01. The number of hydrogen-bond donors (Lipinski definition) is 1. The molecule has 2 aromatic rings. The van der Waals surface area contributed by atoms with Crippen LogP contribution < -0.4 is 10.1 Å². The maximum absolute atomic E-state index is 13.5. The number of carbonyl (C=O) groups excluding carboxylic acids is 1. The van der Waals surface area contributed by atoms with Gasteiger partial charge in [-0.3, -0.25) is 10.1 Å². The standard InChI is InChI=1S/C14H13FN2O2S/c1-9-8-16-14(20-9)17-13(18)6-4-10-3-5-12(19-2)11(15)7-10/h3-8H,1-2H3,(H,16,17,18)/b6-4+. The molecule has 0 aliphatic heterocycles. The summed E-state index contributed by atoms with van der Waals surface area (Å²) in [6, 6.07) is 4.48. The first-order valence-electron chi connectivity index (χ1n) is 5.83. The van der Waals surface area contributed by atoms with E-state index >= 15 is 0 Å². The molecule has 1 amide bonds. The van der Waals surface area contributed by atoms with Crippen molar-refractivity contribution >= 4 is 28.5 Å². The summed E-state index contributed by atoms with van der Waals surface area (Å²) in [5.74, 6) is -0.606. The lowest BCUT2D eigenvalue weighted by atomic mass is 10.2. The zero-order valence-electron chi connectivity index (χ0n) is 11.0. The van der Waals surface area contributed by atoms with Crippen LogP contribution >= 0.6 is 11.3 Å². The van der Waals surface area contributed by atoms with Crippen LogP contribution in [0.1, 0.15) is 10.4 Å². The van der Waals surface area contributed by atoms with Crippen LogP contribution in [0.3, 0.4) is 0 Å². The number of benzene rings is 1. The fraction of sp³-hybridized carbons (Fsp3) is 0.143. The summed E-state index contributed by atoms with van der Waals surface area (Å²) in [5, 5.41) is 3.17. The number of nitrogens with one attached hydrogen (secondary N) is 1. The van der Waals surface area contributed by atoms with Crippen LogP contribution in [0.15, 0.2) is 30.5 Å². The average molecular weight is 292 g/mol. The number of carbonyl (C=O) groups is 1. The van der Waals surface area contributed by atoms with Gasteiger partial charge in [-0.05, 0) is 30.7 Å². The van der Waals surface area contributed by atoms with Gasteiger partial charge in [-0.1, -0.05) is 6.07 Å². The van der Waals surface area contributed by atoms with Gasteiger partial charge < -0.3 is 4.74 Å². The molecule has 1 N–H and O–H groups in total. The van der Waals surface area contributed by atoms with Crippen LogP contribution in [0.25, 0.3) is 6.08 Å². The number of amides is 1. The molecular formula is C14H13FN2O2S. The minimum absolute atomic E-state index is 0.171. The van der Waals surface area contributed by atoms with Crippen molar-refractivity contribution in [2.24, 2.45) is 0 Å². The van der Waals surface area contributed by atoms with Gasteiger partial charge in [-0.25, -0.2) is 9.37 Å². The van der Waals surface area contributed by atoms with Gasteiger partial charge in [-0.2, -0.15) is 0 Å². The molecule has 2 rings (SSSR count). The van der Waals surface area contributed by atoms with Crippen molar-refractivity contribution in [2.45, 2.75) is 6.92 Å². The Morgan fingerprint density at radius 1 is 1.50 bits per heavy atom. The first-order valence-corrected chi connectivity index (χ1v) is 6.65. The van der Waals surface area contributed by atoms with Crippen molar-refractivity contribution in [3.05, 3.63) is 46.7 Å². The minimum atomic E-state index is -0.467. The van der Waals surface area contributed by atoms with Gasteiger partial charge in [0.15, 0.2) is 16.7 Å². The molecule has 0 spiro atoms. The minimum Gasteiger partial charge on any atom is -0.494 e. The van der Waals surface area contributed by atoms with Crippen LogP contribution in [-0.4, -0.2) is 18.0 Å². The van der Waals surface area contributed by atoms with Gasteiger partial charge in [0.2, 0.25) is 5.91 Å². The van der Waals surface area contributed by atoms with Crippen molar-refractivity contribution in [1.29, 1.82) is 0 Å². The van der Waals surface area contributed by atoms with E-state index in [9.17, 15) is 9.18 Å². The van der Waals surface area contributed by atoms with Crippen molar-refractivity contribution in [3.8, 4) is 5.75 Å².